The Hall–Kier alpha value is -0.570. The van der Waals surface area contributed by atoms with Gasteiger partial charge in [-0.05, 0) is 19.3 Å². The molecule has 0 spiro atoms. The van der Waals surface area contributed by atoms with Gasteiger partial charge in [-0.3, -0.25) is 4.79 Å². The molecule has 1 amide bonds. The van der Waals surface area contributed by atoms with E-state index >= 15 is 0 Å². The number of amides is 1. The molecule has 1 saturated carbocycles. The number of carbonyl (C=O) groups excluding carboxylic acids is 1. The Morgan fingerprint density at radius 3 is 2.33 bits per heavy atom. The van der Waals surface area contributed by atoms with Crippen LogP contribution in [0.15, 0.2) is 0 Å². The normalized spacial score (nSPS) is 21.5. The lowest BCUT2D eigenvalue weighted by atomic mass is 9.96. The average Bonchev–Trinajstić information content (AvgIpc) is 2.20. The average molecular weight is 212 g/mol. The monoisotopic (exact) mass is 212 g/mol. The number of nitrogens with two attached hydrogens (primary N) is 1. The van der Waals surface area contributed by atoms with Crippen LogP contribution >= 0.6 is 0 Å². The van der Waals surface area contributed by atoms with Crippen LogP contribution in [0.5, 0.6) is 0 Å². The second-order valence-electron chi connectivity index (χ2n) is 4.57. The van der Waals surface area contributed by atoms with Gasteiger partial charge in [0.05, 0.1) is 6.04 Å². The van der Waals surface area contributed by atoms with Gasteiger partial charge < -0.3 is 11.1 Å². The van der Waals surface area contributed by atoms with E-state index in [1.54, 1.807) is 0 Å². The Kier molecular flexibility index (Phi) is 5.69. The summed E-state index contributed by atoms with van der Waals surface area (Å²) in [6, 6.07) is 0.0471. The van der Waals surface area contributed by atoms with E-state index in [2.05, 4.69) is 5.32 Å². The molecule has 3 nitrogen and oxygen atoms in total. The van der Waals surface area contributed by atoms with Crippen LogP contribution in [0.25, 0.3) is 0 Å². The van der Waals surface area contributed by atoms with Crippen molar-refractivity contribution in [2.45, 2.75) is 70.4 Å². The third kappa shape index (κ3) is 4.65. The first kappa shape index (κ1) is 12.5. The Bertz CT molecular complexity index is 186. The van der Waals surface area contributed by atoms with Crippen LogP contribution in [-0.2, 0) is 4.79 Å². The number of nitrogens with one attached hydrogen (secondary N) is 1. The molecule has 1 aliphatic carbocycles. The van der Waals surface area contributed by atoms with E-state index in [0.717, 1.165) is 19.3 Å². The number of hydrogen-bond acceptors (Lipinski definition) is 2. The lowest BCUT2D eigenvalue weighted by Crippen LogP contribution is -2.45. The van der Waals surface area contributed by atoms with Crippen LogP contribution in [0.3, 0.4) is 0 Å². The molecule has 0 radical (unpaired) electrons. The van der Waals surface area contributed by atoms with Crippen LogP contribution in [0.2, 0.25) is 0 Å². The van der Waals surface area contributed by atoms with Crippen molar-refractivity contribution in [1.29, 1.82) is 0 Å². The molecule has 3 heteroatoms. The second kappa shape index (κ2) is 6.83. The van der Waals surface area contributed by atoms with Crippen molar-refractivity contribution in [2.24, 2.45) is 5.73 Å². The molecule has 1 fully saturated rings. The van der Waals surface area contributed by atoms with Crippen LogP contribution in [0, 0.1) is 0 Å². The van der Waals surface area contributed by atoms with Crippen LogP contribution in [0.1, 0.15) is 58.3 Å². The van der Waals surface area contributed by atoms with E-state index in [4.69, 9.17) is 5.73 Å². The largest absolute Gasteiger partial charge is 0.352 e. The van der Waals surface area contributed by atoms with Gasteiger partial charge in [0.2, 0.25) is 5.91 Å². The highest BCUT2D eigenvalue weighted by molar-refractivity contribution is 5.81. The first-order chi connectivity index (χ1) is 7.24. The lowest BCUT2D eigenvalue weighted by molar-refractivity contribution is -0.123. The predicted molar refractivity (Wildman–Crippen MR) is 62.5 cm³/mol. The Labute approximate surface area is 92.8 Å². The van der Waals surface area contributed by atoms with Gasteiger partial charge in [-0.15, -0.1) is 0 Å². The van der Waals surface area contributed by atoms with Crippen LogP contribution in [0.4, 0.5) is 0 Å². The summed E-state index contributed by atoms with van der Waals surface area (Å²) in [6.45, 7) is 1.95. The molecule has 1 rings (SSSR count). The topological polar surface area (TPSA) is 55.1 Å². The van der Waals surface area contributed by atoms with Gasteiger partial charge in [0, 0.05) is 6.04 Å². The zero-order chi connectivity index (χ0) is 11.1. The molecule has 0 unspecified atom stereocenters. The van der Waals surface area contributed by atoms with Crippen molar-refractivity contribution >= 4 is 5.91 Å². The standard InChI is InChI=1S/C12H24N2O/c1-2-11(13)12(15)14-10-8-6-4-3-5-7-9-10/h10-11H,2-9,13H2,1H3,(H,14,15)/t11-/m0/s1. The summed E-state index contributed by atoms with van der Waals surface area (Å²) in [5.74, 6) is 0.0306. The van der Waals surface area contributed by atoms with Crippen LogP contribution < -0.4 is 11.1 Å². The third-order valence-electron chi connectivity index (χ3n) is 3.23. The van der Waals surface area contributed by atoms with Gasteiger partial charge in [0.25, 0.3) is 0 Å². The maximum atomic E-state index is 11.6. The molecule has 0 aliphatic heterocycles. The van der Waals surface area contributed by atoms with Gasteiger partial charge in [-0.1, -0.05) is 39.0 Å². The predicted octanol–water partition coefficient (Wildman–Crippen LogP) is 1.95. The van der Waals surface area contributed by atoms with E-state index in [9.17, 15) is 4.79 Å². The summed E-state index contributed by atoms with van der Waals surface area (Å²) in [5, 5.41) is 3.07. The fourth-order valence-electron chi connectivity index (χ4n) is 2.09. The number of carbonyl (C=O) groups is 1. The molecule has 3 N–H and O–H groups in total. The summed E-state index contributed by atoms with van der Waals surface area (Å²) < 4.78 is 0. The Balaban J connectivity index is 2.31. The molecular formula is C12H24N2O. The molecule has 0 aromatic heterocycles. The van der Waals surface area contributed by atoms with Crippen molar-refractivity contribution in [3.05, 3.63) is 0 Å². The molecule has 15 heavy (non-hydrogen) atoms. The van der Waals surface area contributed by atoms with Gasteiger partial charge in [-0.2, -0.15) is 0 Å². The van der Waals surface area contributed by atoms with Crippen molar-refractivity contribution in [1.82, 2.24) is 5.32 Å². The zero-order valence-electron chi connectivity index (χ0n) is 9.80. The minimum Gasteiger partial charge on any atom is -0.352 e. The molecular weight excluding hydrogens is 188 g/mol. The van der Waals surface area contributed by atoms with Crippen molar-refractivity contribution in [2.75, 3.05) is 0 Å². The highest BCUT2D eigenvalue weighted by Crippen LogP contribution is 2.17. The summed E-state index contributed by atoms with van der Waals surface area (Å²) in [4.78, 5) is 11.6. The fourth-order valence-corrected chi connectivity index (χ4v) is 2.09. The van der Waals surface area contributed by atoms with E-state index in [1.807, 2.05) is 6.92 Å². The van der Waals surface area contributed by atoms with Gasteiger partial charge >= 0.3 is 0 Å². The molecule has 0 aromatic carbocycles. The molecule has 0 bridgehead atoms. The summed E-state index contributed by atoms with van der Waals surface area (Å²) >= 11 is 0. The first-order valence-electron chi connectivity index (χ1n) is 6.30. The maximum Gasteiger partial charge on any atom is 0.237 e. The van der Waals surface area contributed by atoms with Gasteiger partial charge in [-0.25, -0.2) is 0 Å². The molecule has 0 saturated heterocycles. The summed E-state index contributed by atoms with van der Waals surface area (Å²) in [5.41, 5.74) is 5.69. The second-order valence-corrected chi connectivity index (χ2v) is 4.57. The van der Waals surface area contributed by atoms with Crippen molar-refractivity contribution in [3.8, 4) is 0 Å². The molecule has 0 aromatic rings. The Morgan fingerprint density at radius 1 is 1.27 bits per heavy atom. The summed E-state index contributed by atoms with van der Waals surface area (Å²) in [6.07, 6.45) is 9.44. The smallest absolute Gasteiger partial charge is 0.237 e. The lowest BCUT2D eigenvalue weighted by Gasteiger charge is -2.22. The quantitative estimate of drug-likeness (QED) is 0.751. The highest BCUT2D eigenvalue weighted by Gasteiger charge is 2.17. The highest BCUT2D eigenvalue weighted by atomic mass is 16.2. The minimum absolute atomic E-state index is 0.0306. The van der Waals surface area contributed by atoms with E-state index in [-0.39, 0.29) is 11.9 Å². The summed E-state index contributed by atoms with van der Waals surface area (Å²) in [7, 11) is 0. The van der Waals surface area contributed by atoms with E-state index in [1.165, 1.54) is 32.1 Å². The minimum atomic E-state index is -0.324. The fraction of sp³-hybridized carbons (Fsp3) is 0.917. The van der Waals surface area contributed by atoms with Crippen molar-refractivity contribution in [3.63, 3.8) is 0 Å². The maximum absolute atomic E-state index is 11.6. The SMILES string of the molecule is CC[C@H](N)C(=O)NC1CCCCCCC1. The van der Waals surface area contributed by atoms with E-state index in [0.29, 0.717) is 6.04 Å². The Morgan fingerprint density at radius 2 is 1.80 bits per heavy atom. The van der Waals surface area contributed by atoms with E-state index < -0.39 is 0 Å². The molecule has 88 valence electrons. The number of hydrogen-bond donors (Lipinski definition) is 2. The van der Waals surface area contributed by atoms with Crippen molar-refractivity contribution < 1.29 is 4.79 Å². The molecule has 0 heterocycles. The zero-order valence-corrected chi connectivity index (χ0v) is 9.80. The first-order valence-corrected chi connectivity index (χ1v) is 6.30. The van der Waals surface area contributed by atoms with Gasteiger partial charge in [0.1, 0.15) is 0 Å². The third-order valence-corrected chi connectivity index (χ3v) is 3.23. The number of rotatable bonds is 3. The van der Waals surface area contributed by atoms with Crippen LogP contribution in [-0.4, -0.2) is 18.0 Å². The molecule has 1 atom stereocenters. The van der Waals surface area contributed by atoms with Gasteiger partial charge in [0.15, 0.2) is 0 Å². The molecule has 1 aliphatic rings.